The summed E-state index contributed by atoms with van der Waals surface area (Å²) in [4.78, 5) is 18.4. The van der Waals surface area contributed by atoms with Gasteiger partial charge >= 0.3 is 0 Å². The second kappa shape index (κ2) is 7.65. The van der Waals surface area contributed by atoms with Crippen LogP contribution >= 0.6 is 0 Å². The molecule has 0 bridgehead atoms. The highest BCUT2D eigenvalue weighted by Crippen LogP contribution is 2.33. The van der Waals surface area contributed by atoms with Gasteiger partial charge in [0.25, 0.3) is 5.91 Å². The SMILES string of the molecule is CNS(=O)(=O)c1ccc(C)c(C(=O)N2CCC(c3c[nH]c4ccccc34)CC2)c1. The third-order valence-electron chi connectivity index (χ3n) is 5.86. The Morgan fingerprint density at radius 1 is 1.14 bits per heavy atom. The summed E-state index contributed by atoms with van der Waals surface area (Å²) < 4.78 is 26.5. The van der Waals surface area contributed by atoms with Crippen molar-refractivity contribution in [2.75, 3.05) is 20.1 Å². The van der Waals surface area contributed by atoms with Gasteiger partial charge in [0.05, 0.1) is 4.90 Å². The van der Waals surface area contributed by atoms with Gasteiger partial charge in [-0.3, -0.25) is 4.79 Å². The molecule has 2 aromatic carbocycles. The van der Waals surface area contributed by atoms with E-state index >= 15 is 0 Å². The lowest BCUT2D eigenvalue weighted by Crippen LogP contribution is -2.38. The smallest absolute Gasteiger partial charge is 0.254 e. The van der Waals surface area contributed by atoms with E-state index in [1.807, 2.05) is 24.0 Å². The maximum atomic E-state index is 13.1. The molecule has 0 radical (unpaired) electrons. The number of carbonyl (C=O) groups is 1. The highest BCUT2D eigenvalue weighted by atomic mass is 32.2. The standard InChI is InChI=1S/C22H25N3O3S/c1-15-7-8-17(29(27,28)23-2)13-19(15)22(26)25-11-9-16(10-12-25)20-14-24-21-6-4-3-5-18(20)21/h3-8,13-14,16,23-24H,9-12H2,1-2H3. The van der Waals surface area contributed by atoms with Crippen molar-refractivity contribution in [3.8, 4) is 0 Å². The summed E-state index contributed by atoms with van der Waals surface area (Å²) in [6.45, 7) is 3.15. The number of hydrogen-bond donors (Lipinski definition) is 2. The number of aromatic nitrogens is 1. The van der Waals surface area contributed by atoms with Crippen molar-refractivity contribution >= 4 is 26.8 Å². The maximum absolute atomic E-state index is 13.1. The summed E-state index contributed by atoms with van der Waals surface area (Å²) in [7, 11) is -2.22. The number of aromatic amines is 1. The zero-order valence-electron chi connectivity index (χ0n) is 16.6. The minimum atomic E-state index is -3.59. The number of hydrogen-bond acceptors (Lipinski definition) is 3. The number of para-hydroxylation sites is 1. The minimum Gasteiger partial charge on any atom is -0.361 e. The van der Waals surface area contributed by atoms with Crippen LogP contribution in [0.2, 0.25) is 0 Å². The first-order valence-corrected chi connectivity index (χ1v) is 11.3. The number of aryl methyl sites for hydroxylation is 1. The molecule has 1 amide bonds. The molecule has 2 N–H and O–H groups in total. The number of amides is 1. The van der Waals surface area contributed by atoms with Crippen LogP contribution in [0.1, 0.15) is 40.2 Å². The minimum absolute atomic E-state index is 0.104. The Morgan fingerprint density at radius 3 is 2.59 bits per heavy atom. The second-order valence-corrected chi connectivity index (χ2v) is 9.43. The van der Waals surface area contributed by atoms with Crippen molar-refractivity contribution in [1.82, 2.24) is 14.6 Å². The molecule has 29 heavy (non-hydrogen) atoms. The van der Waals surface area contributed by atoms with E-state index < -0.39 is 10.0 Å². The number of carbonyl (C=O) groups excluding carboxylic acids is 1. The summed E-state index contributed by atoms with van der Waals surface area (Å²) in [5.41, 5.74) is 3.68. The molecule has 1 aliphatic rings. The fraction of sp³-hybridized carbons (Fsp3) is 0.318. The number of piperidine rings is 1. The molecule has 0 atom stereocenters. The first kappa shape index (κ1) is 19.7. The van der Waals surface area contributed by atoms with E-state index in [9.17, 15) is 13.2 Å². The monoisotopic (exact) mass is 411 g/mol. The third kappa shape index (κ3) is 3.68. The lowest BCUT2D eigenvalue weighted by atomic mass is 9.89. The number of nitrogens with one attached hydrogen (secondary N) is 2. The maximum Gasteiger partial charge on any atom is 0.254 e. The van der Waals surface area contributed by atoms with E-state index in [1.54, 1.807) is 6.07 Å². The number of sulfonamides is 1. The van der Waals surface area contributed by atoms with E-state index in [2.05, 4.69) is 28.0 Å². The van der Waals surface area contributed by atoms with E-state index in [0.717, 1.165) is 23.9 Å². The van der Waals surface area contributed by atoms with Crippen LogP contribution in [0.3, 0.4) is 0 Å². The summed E-state index contributed by atoms with van der Waals surface area (Å²) >= 11 is 0. The molecule has 1 aliphatic heterocycles. The fourth-order valence-corrected chi connectivity index (χ4v) is 4.87. The van der Waals surface area contributed by atoms with Gasteiger partial charge in [0.15, 0.2) is 0 Å². The van der Waals surface area contributed by atoms with Crippen molar-refractivity contribution in [2.24, 2.45) is 0 Å². The number of H-pyrrole nitrogens is 1. The molecule has 7 heteroatoms. The molecule has 0 saturated carbocycles. The molecule has 6 nitrogen and oxygen atoms in total. The molecule has 0 aliphatic carbocycles. The first-order chi connectivity index (χ1) is 13.9. The van der Waals surface area contributed by atoms with Gasteiger partial charge in [-0.05, 0) is 62.1 Å². The van der Waals surface area contributed by atoms with Crippen LogP contribution in [0.15, 0.2) is 53.6 Å². The number of likely N-dealkylation sites (tertiary alicyclic amines) is 1. The Bertz CT molecular complexity index is 1160. The van der Waals surface area contributed by atoms with Gasteiger partial charge in [-0.15, -0.1) is 0 Å². The Morgan fingerprint density at radius 2 is 1.86 bits per heavy atom. The molecule has 152 valence electrons. The van der Waals surface area contributed by atoms with Crippen LogP contribution in [0.25, 0.3) is 10.9 Å². The quantitative estimate of drug-likeness (QED) is 0.690. The predicted molar refractivity (Wildman–Crippen MR) is 114 cm³/mol. The Kier molecular flexibility index (Phi) is 5.19. The van der Waals surface area contributed by atoms with Crippen LogP contribution in [0.5, 0.6) is 0 Å². The summed E-state index contributed by atoms with van der Waals surface area (Å²) in [5.74, 6) is 0.306. The van der Waals surface area contributed by atoms with E-state index in [0.29, 0.717) is 24.6 Å². The second-order valence-electron chi connectivity index (χ2n) is 7.54. The summed E-state index contributed by atoms with van der Waals surface area (Å²) in [6, 6.07) is 13.0. The van der Waals surface area contributed by atoms with Crippen molar-refractivity contribution in [1.29, 1.82) is 0 Å². The van der Waals surface area contributed by atoms with Gasteiger partial charge in [-0.2, -0.15) is 0 Å². The van der Waals surface area contributed by atoms with Crippen molar-refractivity contribution < 1.29 is 13.2 Å². The molecule has 1 fully saturated rings. The van der Waals surface area contributed by atoms with Gasteiger partial charge in [0.2, 0.25) is 10.0 Å². The number of nitrogens with zero attached hydrogens (tertiary/aromatic N) is 1. The summed E-state index contributed by atoms with van der Waals surface area (Å²) in [5, 5.41) is 1.25. The first-order valence-electron chi connectivity index (χ1n) is 9.80. The van der Waals surface area contributed by atoms with E-state index in [4.69, 9.17) is 0 Å². The Labute approximate surface area is 171 Å². The Hall–Kier alpha value is -2.64. The van der Waals surface area contributed by atoms with Gasteiger partial charge in [-0.1, -0.05) is 24.3 Å². The van der Waals surface area contributed by atoms with Gasteiger partial charge < -0.3 is 9.88 Å². The Balaban J connectivity index is 1.52. The molecule has 1 aromatic heterocycles. The van der Waals surface area contributed by atoms with Crippen LogP contribution < -0.4 is 4.72 Å². The van der Waals surface area contributed by atoms with E-state index in [1.165, 1.54) is 30.1 Å². The zero-order chi connectivity index (χ0) is 20.6. The molecule has 2 heterocycles. The van der Waals surface area contributed by atoms with Gasteiger partial charge in [0.1, 0.15) is 0 Å². The predicted octanol–water partition coefficient (Wildman–Crippen LogP) is 3.40. The topological polar surface area (TPSA) is 82.3 Å². The average molecular weight is 412 g/mol. The number of fused-ring (bicyclic) bond motifs is 1. The van der Waals surface area contributed by atoms with Crippen molar-refractivity contribution in [3.05, 3.63) is 65.4 Å². The fourth-order valence-electron chi connectivity index (χ4n) is 4.11. The highest BCUT2D eigenvalue weighted by molar-refractivity contribution is 7.89. The lowest BCUT2D eigenvalue weighted by molar-refractivity contribution is 0.0712. The molecule has 0 unspecified atom stereocenters. The molecule has 1 saturated heterocycles. The van der Waals surface area contributed by atoms with Crippen molar-refractivity contribution in [3.63, 3.8) is 0 Å². The van der Waals surface area contributed by atoms with Crippen LogP contribution in [-0.2, 0) is 10.0 Å². The largest absolute Gasteiger partial charge is 0.361 e. The molecule has 0 spiro atoms. The normalized spacial score (nSPS) is 15.7. The molecular formula is C22H25N3O3S. The number of benzene rings is 2. The molecule has 3 aromatic rings. The van der Waals surface area contributed by atoms with Crippen molar-refractivity contribution in [2.45, 2.75) is 30.6 Å². The van der Waals surface area contributed by atoms with Crippen LogP contribution in [0.4, 0.5) is 0 Å². The van der Waals surface area contributed by atoms with Gasteiger partial charge in [-0.25, -0.2) is 13.1 Å². The number of rotatable bonds is 4. The molecular weight excluding hydrogens is 386 g/mol. The highest BCUT2D eigenvalue weighted by Gasteiger charge is 2.27. The lowest BCUT2D eigenvalue weighted by Gasteiger charge is -2.32. The third-order valence-corrected chi connectivity index (χ3v) is 7.27. The average Bonchev–Trinajstić information content (AvgIpc) is 3.18. The molecule has 4 rings (SSSR count). The zero-order valence-corrected chi connectivity index (χ0v) is 17.4. The van der Waals surface area contributed by atoms with E-state index in [-0.39, 0.29) is 10.8 Å². The van der Waals surface area contributed by atoms with Crippen LogP contribution in [0, 0.1) is 6.92 Å². The summed E-state index contributed by atoms with van der Waals surface area (Å²) in [6.07, 6.45) is 3.87. The van der Waals surface area contributed by atoms with Gasteiger partial charge in [0, 0.05) is 35.8 Å². The van der Waals surface area contributed by atoms with Crippen LogP contribution in [-0.4, -0.2) is 44.3 Å².